The van der Waals surface area contributed by atoms with Crippen molar-refractivity contribution in [3.63, 3.8) is 0 Å². The molecule has 0 aromatic carbocycles. The molecule has 2 fully saturated rings. The lowest BCUT2D eigenvalue weighted by atomic mass is 9.53. The van der Waals surface area contributed by atoms with Crippen LogP contribution in [0.5, 0.6) is 0 Å². The molecule has 0 radical (unpaired) electrons. The van der Waals surface area contributed by atoms with Gasteiger partial charge in [-0.15, -0.1) is 0 Å². The highest BCUT2D eigenvalue weighted by atomic mass is 16.6. The zero-order valence-corrected chi connectivity index (χ0v) is 15.7. The van der Waals surface area contributed by atoms with E-state index in [0.717, 1.165) is 23.1 Å². The van der Waals surface area contributed by atoms with Crippen molar-refractivity contribution in [3.8, 4) is 0 Å². The van der Waals surface area contributed by atoms with Gasteiger partial charge >= 0.3 is 5.97 Å². The summed E-state index contributed by atoms with van der Waals surface area (Å²) in [5.74, 6) is -0.298. The van der Waals surface area contributed by atoms with Gasteiger partial charge in [0.1, 0.15) is 11.7 Å². The lowest BCUT2D eigenvalue weighted by Gasteiger charge is -2.55. The first-order valence-electron chi connectivity index (χ1n) is 8.75. The number of ether oxygens (including phenoxy) is 1. The largest absolute Gasteiger partial charge is 0.456 e. The van der Waals surface area contributed by atoms with Gasteiger partial charge < -0.3 is 9.84 Å². The third-order valence-electron chi connectivity index (χ3n) is 5.75. The molecule has 0 aromatic rings. The maximum atomic E-state index is 12.5. The lowest BCUT2D eigenvalue weighted by molar-refractivity contribution is -0.196. The van der Waals surface area contributed by atoms with Gasteiger partial charge in [-0.3, -0.25) is 4.79 Å². The Hall–Kier alpha value is -1.42. The molecule has 4 atom stereocenters. The predicted octanol–water partition coefficient (Wildman–Crippen LogP) is 3.73. The normalized spacial score (nSPS) is 36.0. The van der Waals surface area contributed by atoms with Crippen molar-refractivity contribution in [1.82, 2.24) is 0 Å². The molecule has 4 nitrogen and oxygen atoms in total. The summed E-state index contributed by atoms with van der Waals surface area (Å²) in [4.78, 5) is 24.5. The highest BCUT2D eigenvalue weighted by molar-refractivity contribution is 5.97. The van der Waals surface area contributed by atoms with Gasteiger partial charge in [-0.2, -0.15) is 0 Å². The Morgan fingerprint density at radius 2 is 1.88 bits per heavy atom. The molecule has 0 amide bonds. The monoisotopic (exact) mass is 334 g/mol. The summed E-state index contributed by atoms with van der Waals surface area (Å²) in [7, 11) is 0. The van der Waals surface area contributed by atoms with Crippen LogP contribution in [0, 0.1) is 11.3 Å². The molecule has 2 saturated carbocycles. The molecule has 1 N–H and O–H groups in total. The lowest BCUT2D eigenvalue weighted by Crippen LogP contribution is -2.59. The van der Waals surface area contributed by atoms with Crippen LogP contribution in [-0.2, 0) is 14.3 Å². The molecule has 0 spiro atoms. The summed E-state index contributed by atoms with van der Waals surface area (Å²) in [5.41, 5.74) is 1.34. The smallest absolute Gasteiger partial charge is 0.331 e. The summed E-state index contributed by atoms with van der Waals surface area (Å²) in [6, 6.07) is 0. The van der Waals surface area contributed by atoms with Gasteiger partial charge in [0.25, 0.3) is 0 Å². The molecule has 0 saturated heterocycles. The number of hydrogen-bond donors (Lipinski definition) is 1. The van der Waals surface area contributed by atoms with Gasteiger partial charge in [-0.1, -0.05) is 18.1 Å². The van der Waals surface area contributed by atoms with Crippen molar-refractivity contribution in [2.75, 3.05) is 0 Å². The molecular formula is C20H30O4. The zero-order chi connectivity index (χ0) is 18.3. The molecule has 2 aliphatic carbocycles. The molecule has 0 heterocycles. The summed E-state index contributed by atoms with van der Waals surface area (Å²) < 4.78 is 5.57. The number of rotatable bonds is 2. The van der Waals surface area contributed by atoms with Gasteiger partial charge in [-0.05, 0) is 64.9 Å². The molecule has 4 unspecified atom stereocenters. The van der Waals surface area contributed by atoms with Crippen molar-refractivity contribution in [2.45, 2.75) is 78.9 Å². The van der Waals surface area contributed by atoms with Crippen LogP contribution >= 0.6 is 0 Å². The number of carbonyl (C=O) groups excluding carboxylic acids is 2. The van der Waals surface area contributed by atoms with Crippen LogP contribution in [0.2, 0.25) is 0 Å². The highest BCUT2D eigenvalue weighted by Crippen LogP contribution is 2.55. The van der Waals surface area contributed by atoms with Crippen molar-refractivity contribution >= 4 is 11.8 Å². The summed E-state index contributed by atoms with van der Waals surface area (Å²) >= 11 is 0. The Balaban J connectivity index is 2.29. The first-order valence-corrected chi connectivity index (χ1v) is 8.75. The van der Waals surface area contributed by atoms with Gasteiger partial charge in [0.05, 0.1) is 0 Å². The van der Waals surface area contributed by atoms with Crippen LogP contribution in [0.15, 0.2) is 22.8 Å². The quantitative estimate of drug-likeness (QED) is 0.617. The number of Topliss-reactive ketones (excluding diaryl/α,β-unsaturated/α-hetero) is 1. The zero-order valence-electron chi connectivity index (χ0n) is 15.7. The van der Waals surface area contributed by atoms with Crippen LogP contribution in [0.1, 0.15) is 67.2 Å². The number of hydrogen-bond acceptors (Lipinski definition) is 4. The molecule has 0 aromatic heterocycles. The minimum Gasteiger partial charge on any atom is -0.456 e. The van der Waals surface area contributed by atoms with E-state index >= 15 is 0 Å². The minimum absolute atomic E-state index is 0.0918. The van der Waals surface area contributed by atoms with Crippen molar-refractivity contribution in [2.24, 2.45) is 11.3 Å². The molecular weight excluding hydrogens is 304 g/mol. The van der Waals surface area contributed by atoms with Crippen molar-refractivity contribution in [1.29, 1.82) is 0 Å². The summed E-state index contributed by atoms with van der Waals surface area (Å²) in [5, 5.41) is 11.2. The molecule has 0 bridgehead atoms. The molecule has 134 valence electrons. The molecule has 0 aliphatic heterocycles. The van der Waals surface area contributed by atoms with Crippen LogP contribution in [0.25, 0.3) is 0 Å². The predicted molar refractivity (Wildman–Crippen MR) is 93.4 cm³/mol. The van der Waals surface area contributed by atoms with Gasteiger partial charge in [-0.25, -0.2) is 4.79 Å². The summed E-state index contributed by atoms with van der Waals surface area (Å²) in [6.07, 6.45) is 3.30. The number of ketones is 1. The van der Waals surface area contributed by atoms with E-state index in [4.69, 9.17) is 4.74 Å². The van der Waals surface area contributed by atoms with Crippen LogP contribution in [0.4, 0.5) is 0 Å². The van der Waals surface area contributed by atoms with E-state index < -0.39 is 17.7 Å². The standard InChI is InChI=1S/C20H30O4/c1-12(2)9-18(22)24-17-7-8-19(5)11-15(21)14(13(3)4)10-16(19)20(17,6)23/h9,16-17,23H,7-8,10-11H2,1-6H3. The SMILES string of the molecule is CC(C)=CC(=O)OC1CCC2(C)CC(=O)C(=C(C)C)CC2C1(C)O. The fourth-order valence-electron chi connectivity index (χ4n) is 4.38. The Labute approximate surface area is 145 Å². The van der Waals surface area contributed by atoms with E-state index in [2.05, 4.69) is 6.92 Å². The minimum atomic E-state index is -1.14. The van der Waals surface area contributed by atoms with E-state index in [1.807, 2.05) is 27.7 Å². The Bertz CT molecular complexity index is 603. The van der Waals surface area contributed by atoms with E-state index in [9.17, 15) is 14.7 Å². The number of fused-ring (bicyclic) bond motifs is 1. The average Bonchev–Trinajstić information content (AvgIpc) is 2.40. The first kappa shape index (κ1) is 18.9. The van der Waals surface area contributed by atoms with Crippen molar-refractivity contribution < 1.29 is 19.4 Å². The number of carbonyl (C=O) groups is 2. The molecule has 24 heavy (non-hydrogen) atoms. The Morgan fingerprint density at radius 1 is 1.25 bits per heavy atom. The van der Waals surface area contributed by atoms with Crippen LogP contribution < -0.4 is 0 Å². The Morgan fingerprint density at radius 3 is 2.42 bits per heavy atom. The van der Waals surface area contributed by atoms with E-state index in [0.29, 0.717) is 19.3 Å². The summed E-state index contributed by atoms with van der Waals surface area (Å²) in [6.45, 7) is 11.4. The fourth-order valence-corrected chi connectivity index (χ4v) is 4.38. The topological polar surface area (TPSA) is 63.6 Å². The number of esters is 1. The fraction of sp³-hybridized carbons (Fsp3) is 0.700. The average molecular weight is 334 g/mol. The number of aliphatic hydroxyl groups is 1. The van der Waals surface area contributed by atoms with Crippen LogP contribution in [-0.4, -0.2) is 28.6 Å². The molecule has 4 heteroatoms. The van der Waals surface area contributed by atoms with E-state index in [1.165, 1.54) is 6.08 Å². The second-order valence-corrected chi connectivity index (χ2v) is 8.40. The number of allylic oxidation sites excluding steroid dienone is 3. The van der Waals surface area contributed by atoms with Gasteiger partial charge in [0.2, 0.25) is 0 Å². The van der Waals surface area contributed by atoms with Gasteiger partial charge in [0.15, 0.2) is 5.78 Å². The third-order valence-corrected chi connectivity index (χ3v) is 5.75. The Kier molecular flexibility index (Phi) is 5.10. The molecule has 2 aliphatic rings. The van der Waals surface area contributed by atoms with E-state index in [-0.39, 0.29) is 17.1 Å². The second kappa shape index (κ2) is 6.47. The van der Waals surface area contributed by atoms with E-state index in [1.54, 1.807) is 6.92 Å². The van der Waals surface area contributed by atoms with Gasteiger partial charge in [0, 0.05) is 18.4 Å². The van der Waals surface area contributed by atoms with Crippen molar-refractivity contribution in [3.05, 3.63) is 22.8 Å². The third kappa shape index (κ3) is 3.49. The maximum absolute atomic E-state index is 12.5. The van der Waals surface area contributed by atoms with Crippen LogP contribution in [0.3, 0.4) is 0 Å². The first-order chi connectivity index (χ1) is 11.0. The highest BCUT2D eigenvalue weighted by Gasteiger charge is 2.57. The molecule has 2 rings (SSSR count). The second-order valence-electron chi connectivity index (χ2n) is 8.40. The maximum Gasteiger partial charge on any atom is 0.331 e.